The van der Waals surface area contributed by atoms with Crippen LogP contribution in [0.5, 0.6) is 0 Å². The average molecular weight is 254 g/mol. The monoisotopic (exact) mass is 254 g/mol. The molecule has 1 aliphatic carbocycles. The van der Waals surface area contributed by atoms with Crippen LogP contribution in [0.3, 0.4) is 0 Å². The van der Waals surface area contributed by atoms with Crippen molar-refractivity contribution in [3.63, 3.8) is 0 Å². The van der Waals surface area contributed by atoms with Crippen LogP contribution in [0.25, 0.3) is 0 Å². The quantitative estimate of drug-likeness (QED) is 0.763. The fraction of sp³-hybridized carbons (Fsp3) is 1.00. The third kappa shape index (κ3) is 3.25. The molecule has 1 saturated heterocycles. The maximum Gasteiger partial charge on any atom is 0.0767 e. The van der Waals surface area contributed by atoms with Crippen LogP contribution in [0.1, 0.15) is 58.3 Å². The second kappa shape index (κ2) is 6.36. The topological polar surface area (TPSA) is 49.5 Å². The van der Waals surface area contributed by atoms with Crippen molar-refractivity contribution in [2.45, 2.75) is 69.9 Å². The highest BCUT2D eigenvalue weighted by Crippen LogP contribution is 2.36. The average Bonchev–Trinajstić information content (AvgIpc) is 2.82. The Bertz CT molecular complexity index is 253. The van der Waals surface area contributed by atoms with Crippen LogP contribution in [0.4, 0.5) is 0 Å². The summed E-state index contributed by atoms with van der Waals surface area (Å²) in [6.45, 7) is 4.86. The van der Waals surface area contributed by atoms with Crippen molar-refractivity contribution >= 4 is 0 Å². The summed E-state index contributed by atoms with van der Waals surface area (Å²) in [7, 11) is 0. The number of likely N-dealkylation sites (tertiary alicyclic amines) is 1. The predicted octanol–water partition coefficient (Wildman–Crippen LogP) is 2.13. The van der Waals surface area contributed by atoms with Gasteiger partial charge in [-0.1, -0.05) is 19.8 Å². The number of hydrogen-bond acceptors (Lipinski definition) is 3. The third-order valence-electron chi connectivity index (χ3n) is 5.25. The molecule has 3 unspecified atom stereocenters. The lowest BCUT2D eigenvalue weighted by atomic mass is 9.85. The van der Waals surface area contributed by atoms with Gasteiger partial charge in [-0.2, -0.15) is 0 Å². The second-order valence-corrected chi connectivity index (χ2v) is 6.32. The lowest BCUT2D eigenvalue weighted by Crippen LogP contribution is -2.39. The molecule has 3 N–H and O–H groups in total. The summed E-state index contributed by atoms with van der Waals surface area (Å²) in [4.78, 5) is 2.68. The molecule has 3 heteroatoms. The van der Waals surface area contributed by atoms with Crippen LogP contribution < -0.4 is 5.73 Å². The third-order valence-corrected chi connectivity index (χ3v) is 5.25. The highest BCUT2D eigenvalue weighted by atomic mass is 16.3. The Morgan fingerprint density at radius 1 is 1.28 bits per heavy atom. The van der Waals surface area contributed by atoms with Gasteiger partial charge in [0.25, 0.3) is 0 Å². The first kappa shape index (κ1) is 14.3. The standard InChI is InChI=1S/C15H30N2O/c1-2-15(18,12-16)9-5-10-17-11-8-13-6-3-4-7-14(13)17/h13-14,18H,2-12,16H2,1H3. The maximum atomic E-state index is 10.2. The van der Waals surface area contributed by atoms with Gasteiger partial charge in [-0.3, -0.25) is 0 Å². The summed E-state index contributed by atoms with van der Waals surface area (Å²) in [5, 5.41) is 10.2. The highest BCUT2D eigenvalue weighted by Gasteiger charge is 2.35. The van der Waals surface area contributed by atoms with E-state index in [1.807, 2.05) is 6.92 Å². The predicted molar refractivity (Wildman–Crippen MR) is 75.5 cm³/mol. The molecule has 0 spiro atoms. The van der Waals surface area contributed by atoms with E-state index in [-0.39, 0.29) is 0 Å². The molecule has 0 aromatic rings. The summed E-state index contributed by atoms with van der Waals surface area (Å²) in [6.07, 6.45) is 9.83. The Labute approximate surface area is 112 Å². The van der Waals surface area contributed by atoms with Crippen molar-refractivity contribution in [3.05, 3.63) is 0 Å². The number of fused-ring (bicyclic) bond motifs is 1. The summed E-state index contributed by atoms with van der Waals surface area (Å²) in [5.41, 5.74) is 5.04. The van der Waals surface area contributed by atoms with Crippen molar-refractivity contribution < 1.29 is 5.11 Å². The summed E-state index contributed by atoms with van der Waals surface area (Å²) in [5.74, 6) is 0.971. The van der Waals surface area contributed by atoms with Crippen LogP contribution >= 0.6 is 0 Å². The van der Waals surface area contributed by atoms with Gasteiger partial charge < -0.3 is 15.7 Å². The molecule has 1 aliphatic heterocycles. The number of hydrogen-bond donors (Lipinski definition) is 2. The van der Waals surface area contributed by atoms with E-state index in [0.717, 1.165) is 37.8 Å². The summed E-state index contributed by atoms with van der Waals surface area (Å²) in [6, 6.07) is 0.853. The Balaban J connectivity index is 1.74. The Kier molecular flexibility index (Phi) is 5.05. The first-order chi connectivity index (χ1) is 8.68. The summed E-state index contributed by atoms with van der Waals surface area (Å²) >= 11 is 0. The number of rotatable bonds is 6. The van der Waals surface area contributed by atoms with Crippen molar-refractivity contribution in [2.24, 2.45) is 11.7 Å². The highest BCUT2D eigenvalue weighted by molar-refractivity contribution is 4.90. The first-order valence-electron chi connectivity index (χ1n) is 7.85. The van der Waals surface area contributed by atoms with Gasteiger partial charge in [0.1, 0.15) is 0 Å². The van der Waals surface area contributed by atoms with Crippen LogP contribution in [0.15, 0.2) is 0 Å². The molecular formula is C15H30N2O. The normalized spacial score (nSPS) is 32.2. The molecule has 2 fully saturated rings. The van der Waals surface area contributed by atoms with Crippen molar-refractivity contribution in [1.82, 2.24) is 4.90 Å². The van der Waals surface area contributed by atoms with Gasteiger partial charge in [0.05, 0.1) is 5.60 Å². The molecule has 0 aromatic carbocycles. The molecule has 0 amide bonds. The van der Waals surface area contributed by atoms with E-state index in [9.17, 15) is 5.11 Å². The number of nitrogens with two attached hydrogens (primary N) is 1. The van der Waals surface area contributed by atoms with Gasteiger partial charge in [-0.05, 0) is 57.5 Å². The Hall–Kier alpha value is -0.120. The van der Waals surface area contributed by atoms with Crippen LogP contribution in [-0.2, 0) is 0 Å². The summed E-state index contributed by atoms with van der Waals surface area (Å²) < 4.78 is 0. The van der Waals surface area contributed by atoms with E-state index < -0.39 is 5.60 Å². The van der Waals surface area contributed by atoms with E-state index in [4.69, 9.17) is 5.73 Å². The molecule has 1 heterocycles. The maximum absolute atomic E-state index is 10.2. The molecule has 1 saturated carbocycles. The van der Waals surface area contributed by atoms with Gasteiger partial charge in [-0.25, -0.2) is 0 Å². The minimum Gasteiger partial charge on any atom is -0.389 e. The van der Waals surface area contributed by atoms with E-state index in [2.05, 4.69) is 4.90 Å². The van der Waals surface area contributed by atoms with Crippen LogP contribution in [0, 0.1) is 5.92 Å². The van der Waals surface area contributed by atoms with Gasteiger partial charge in [0.15, 0.2) is 0 Å². The minimum absolute atomic E-state index is 0.398. The van der Waals surface area contributed by atoms with Gasteiger partial charge in [-0.15, -0.1) is 0 Å². The zero-order valence-electron chi connectivity index (χ0n) is 11.9. The Morgan fingerprint density at radius 3 is 2.78 bits per heavy atom. The Morgan fingerprint density at radius 2 is 2.06 bits per heavy atom. The lowest BCUT2D eigenvalue weighted by Gasteiger charge is -2.32. The zero-order valence-corrected chi connectivity index (χ0v) is 11.9. The molecule has 0 aromatic heterocycles. The van der Waals surface area contributed by atoms with Crippen molar-refractivity contribution in [1.29, 1.82) is 0 Å². The second-order valence-electron chi connectivity index (χ2n) is 6.32. The SMILES string of the molecule is CCC(O)(CN)CCCN1CCC2CCCCC21. The van der Waals surface area contributed by atoms with E-state index in [0.29, 0.717) is 6.54 Å². The van der Waals surface area contributed by atoms with E-state index in [1.54, 1.807) is 0 Å². The zero-order chi connectivity index (χ0) is 13.0. The number of aliphatic hydroxyl groups is 1. The van der Waals surface area contributed by atoms with Gasteiger partial charge in [0.2, 0.25) is 0 Å². The molecule has 3 atom stereocenters. The minimum atomic E-state index is -0.619. The molecule has 2 aliphatic rings. The molecule has 0 radical (unpaired) electrons. The van der Waals surface area contributed by atoms with Crippen LogP contribution in [0.2, 0.25) is 0 Å². The fourth-order valence-electron chi connectivity index (χ4n) is 3.82. The largest absolute Gasteiger partial charge is 0.389 e. The number of nitrogens with zero attached hydrogens (tertiary/aromatic N) is 1. The lowest BCUT2D eigenvalue weighted by molar-refractivity contribution is 0.0304. The van der Waals surface area contributed by atoms with E-state index in [1.165, 1.54) is 38.6 Å². The first-order valence-corrected chi connectivity index (χ1v) is 7.85. The molecule has 2 rings (SSSR count). The molecule has 3 nitrogen and oxygen atoms in total. The smallest absolute Gasteiger partial charge is 0.0767 e. The van der Waals surface area contributed by atoms with Crippen molar-refractivity contribution in [3.8, 4) is 0 Å². The molecule has 0 bridgehead atoms. The van der Waals surface area contributed by atoms with Crippen LogP contribution in [-0.4, -0.2) is 41.3 Å². The van der Waals surface area contributed by atoms with Gasteiger partial charge in [0, 0.05) is 12.6 Å². The molecule has 106 valence electrons. The van der Waals surface area contributed by atoms with Gasteiger partial charge >= 0.3 is 0 Å². The van der Waals surface area contributed by atoms with E-state index >= 15 is 0 Å². The van der Waals surface area contributed by atoms with Crippen molar-refractivity contribution in [2.75, 3.05) is 19.6 Å². The molecule has 18 heavy (non-hydrogen) atoms. The fourth-order valence-corrected chi connectivity index (χ4v) is 3.82. The molecular weight excluding hydrogens is 224 g/mol.